The van der Waals surface area contributed by atoms with Crippen molar-refractivity contribution in [3.05, 3.63) is 181 Å². The summed E-state index contributed by atoms with van der Waals surface area (Å²) in [6, 6.07) is 46.2. The van der Waals surface area contributed by atoms with Crippen LogP contribution in [0.3, 0.4) is 0 Å². The molecule has 0 aliphatic heterocycles. The largest absolute Gasteiger partial charge is 0.254 e. The van der Waals surface area contributed by atoms with Crippen LogP contribution in [0.5, 0.6) is 0 Å². The lowest BCUT2D eigenvalue weighted by molar-refractivity contribution is 0.748. The summed E-state index contributed by atoms with van der Waals surface area (Å²) in [5.41, 5.74) is 12.1. The van der Waals surface area contributed by atoms with Crippen LogP contribution >= 0.6 is 0 Å². The normalized spacial score (nSPS) is 13.8. The van der Waals surface area contributed by atoms with Crippen molar-refractivity contribution in [2.24, 2.45) is 0 Å². The monoisotopic (exact) mass is 717 g/mol. The van der Waals surface area contributed by atoms with Gasteiger partial charge in [-0.3, -0.25) is 19.9 Å². The van der Waals surface area contributed by atoms with E-state index in [2.05, 4.69) is 131 Å². The Kier molecular flexibility index (Phi) is 7.48. The highest BCUT2D eigenvalue weighted by atomic mass is 15.0. The molecule has 0 fully saturated rings. The Bertz CT molecular complexity index is 3030. The molecule has 1 atom stereocenters. The average Bonchev–Trinajstić information content (AvgIpc) is 3.28. The summed E-state index contributed by atoms with van der Waals surface area (Å²) in [7, 11) is 0. The van der Waals surface area contributed by atoms with Gasteiger partial charge in [0.05, 0.1) is 22.1 Å². The van der Waals surface area contributed by atoms with Crippen LogP contribution in [0.15, 0.2) is 164 Å². The Hall–Kier alpha value is -7.51. The minimum absolute atomic E-state index is 0.0113. The van der Waals surface area contributed by atoms with E-state index in [1.54, 1.807) is 0 Å². The van der Waals surface area contributed by atoms with Crippen molar-refractivity contribution in [3.63, 3.8) is 0 Å². The number of benzene rings is 5. The third-order valence-corrected chi connectivity index (χ3v) is 10.8. The van der Waals surface area contributed by atoms with Gasteiger partial charge in [0, 0.05) is 63.4 Å². The van der Waals surface area contributed by atoms with Gasteiger partial charge in [-0.15, -0.1) is 0 Å². The van der Waals surface area contributed by atoms with Crippen molar-refractivity contribution in [2.75, 3.05) is 0 Å². The second kappa shape index (κ2) is 13.1. The SMILES string of the molecule is C1=CC(c2nc(-c3cccc(-c4cc5cccnc5c5ncccc45)c3)nc(-c3cccc(-c4cc5cccnc5c5ncccc45)c3)n2)Cc2ccccc21. The molecule has 262 valence electrons. The lowest BCUT2D eigenvalue weighted by atomic mass is 9.89. The molecule has 0 spiro atoms. The maximum absolute atomic E-state index is 5.22. The van der Waals surface area contributed by atoms with Crippen LogP contribution in [0.25, 0.3) is 94.7 Å². The molecule has 1 aliphatic carbocycles. The first-order valence-corrected chi connectivity index (χ1v) is 18.7. The third-order valence-electron chi connectivity index (χ3n) is 10.8. The van der Waals surface area contributed by atoms with Crippen molar-refractivity contribution >= 4 is 49.7 Å². The van der Waals surface area contributed by atoms with E-state index in [9.17, 15) is 0 Å². The van der Waals surface area contributed by atoms with Crippen molar-refractivity contribution in [2.45, 2.75) is 12.3 Å². The molecule has 56 heavy (non-hydrogen) atoms. The molecule has 0 radical (unpaired) electrons. The first-order chi connectivity index (χ1) is 27.7. The molecular formula is C49H31N7. The van der Waals surface area contributed by atoms with Crippen molar-refractivity contribution in [1.29, 1.82) is 0 Å². The number of allylic oxidation sites excluding steroid dienone is 1. The van der Waals surface area contributed by atoms with Gasteiger partial charge in [0.1, 0.15) is 5.82 Å². The predicted octanol–water partition coefficient (Wildman–Crippen LogP) is 11.1. The summed E-state index contributed by atoms with van der Waals surface area (Å²) >= 11 is 0. The first kappa shape index (κ1) is 32.0. The number of rotatable bonds is 5. The van der Waals surface area contributed by atoms with Crippen LogP contribution < -0.4 is 0 Å². The van der Waals surface area contributed by atoms with Gasteiger partial charge < -0.3 is 0 Å². The van der Waals surface area contributed by atoms with E-state index in [4.69, 9.17) is 24.9 Å². The minimum atomic E-state index is -0.0113. The third kappa shape index (κ3) is 5.48. The van der Waals surface area contributed by atoms with Gasteiger partial charge in [0.15, 0.2) is 11.6 Å². The van der Waals surface area contributed by atoms with Gasteiger partial charge in [-0.1, -0.05) is 97.1 Å². The van der Waals surface area contributed by atoms with Crippen LogP contribution in [-0.2, 0) is 6.42 Å². The summed E-state index contributed by atoms with van der Waals surface area (Å²) in [6.45, 7) is 0. The molecule has 1 aliphatic rings. The summed E-state index contributed by atoms with van der Waals surface area (Å²) in [4.78, 5) is 34.5. The molecule has 7 heteroatoms. The lowest BCUT2D eigenvalue weighted by Crippen LogP contribution is -2.12. The molecule has 5 aromatic heterocycles. The Morgan fingerprint density at radius 3 is 1.54 bits per heavy atom. The zero-order valence-electron chi connectivity index (χ0n) is 30.1. The quantitative estimate of drug-likeness (QED) is 0.164. The molecule has 11 rings (SSSR count). The van der Waals surface area contributed by atoms with Crippen molar-refractivity contribution in [1.82, 2.24) is 34.9 Å². The Labute approximate surface area is 322 Å². The fraction of sp³-hybridized carbons (Fsp3) is 0.0408. The Morgan fingerprint density at radius 1 is 0.429 bits per heavy atom. The van der Waals surface area contributed by atoms with E-state index in [1.165, 1.54) is 11.1 Å². The molecule has 0 amide bonds. The second-order valence-corrected chi connectivity index (χ2v) is 14.2. The summed E-state index contributed by atoms with van der Waals surface area (Å²) in [5.74, 6) is 1.98. The fourth-order valence-electron chi connectivity index (χ4n) is 8.08. The number of aromatic nitrogens is 7. The van der Waals surface area contributed by atoms with E-state index in [0.717, 1.165) is 89.2 Å². The number of nitrogens with zero attached hydrogens (tertiary/aromatic N) is 7. The van der Waals surface area contributed by atoms with Crippen LogP contribution in [0, 0.1) is 0 Å². The average molecular weight is 718 g/mol. The van der Waals surface area contributed by atoms with E-state index >= 15 is 0 Å². The van der Waals surface area contributed by atoms with Gasteiger partial charge in [0.25, 0.3) is 0 Å². The molecule has 5 aromatic carbocycles. The molecule has 1 unspecified atom stereocenters. The number of fused-ring (bicyclic) bond motifs is 7. The van der Waals surface area contributed by atoms with Crippen LogP contribution in [-0.4, -0.2) is 34.9 Å². The minimum Gasteiger partial charge on any atom is -0.254 e. The molecule has 0 N–H and O–H groups in total. The molecule has 10 aromatic rings. The van der Waals surface area contributed by atoms with E-state index < -0.39 is 0 Å². The summed E-state index contributed by atoms with van der Waals surface area (Å²) in [6.07, 6.45) is 12.5. The molecule has 7 nitrogen and oxygen atoms in total. The van der Waals surface area contributed by atoms with Crippen LogP contribution in [0.1, 0.15) is 22.9 Å². The van der Waals surface area contributed by atoms with Crippen molar-refractivity contribution in [3.8, 4) is 45.0 Å². The first-order valence-electron chi connectivity index (χ1n) is 18.7. The van der Waals surface area contributed by atoms with Gasteiger partial charge >= 0.3 is 0 Å². The molecule has 0 saturated heterocycles. The molecule has 0 bridgehead atoms. The number of hydrogen-bond donors (Lipinski definition) is 0. The maximum Gasteiger partial charge on any atom is 0.163 e. The second-order valence-electron chi connectivity index (χ2n) is 14.2. The zero-order valence-corrected chi connectivity index (χ0v) is 30.1. The van der Waals surface area contributed by atoms with Gasteiger partial charge in [0.2, 0.25) is 0 Å². The Balaban J connectivity index is 1.07. The highest BCUT2D eigenvalue weighted by molar-refractivity contribution is 6.11. The molecule has 0 saturated carbocycles. The highest BCUT2D eigenvalue weighted by Gasteiger charge is 2.22. The van der Waals surface area contributed by atoms with Gasteiger partial charge in [-0.25, -0.2) is 15.0 Å². The summed E-state index contributed by atoms with van der Waals surface area (Å²) in [5, 5.41) is 4.17. The van der Waals surface area contributed by atoms with Gasteiger partial charge in [-0.2, -0.15) is 0 Å². The van der Waals surface area contributed by atoms with Gasteiger partial charge in [-0.05, 0) is 88.3 Å². The maximum atomic E-state index is 5.22. The zero-order chi connectivity index (χ0) is 37.0. The smallest absolute Gasteiger partial charge is 0.163 e. The highest BCUT2D eigenvalue weighted by Crippen LogP contribution is 2.38. The predicted molar refractivity (Wildman–Crippen MR) is 225 cm³/mol. The number of hydrogen-bond acceptors (Lipinski definition) is 7. The molecule has 5 heterocycles. The number of pyridine rings is 4. The van der Waals surface area contributed by atoms with E-state index in [-0.39, 0.29) is 5.92 Å². The standard InChI is InChI=1S/C49H31N7/c1-2-10-31-25-38(20-19-30(31)9-1)49-55-47(36-13-3-11-32(26-36)41-28-34-15-5-21-50-43(34)45-39(41)17-7-23-52-45)54-48(56-49)37-14-4-12-33(27-37)42-29-35-16-6-22-51-44(35)46-40(42)18-8-24-53-46/h1-24,26-29,38H,25H2. The van der Waals surface area contributed by atoms with Crippen LogP contribution in [0.2, 0.25) is 0 Å². The van der Waals surface area contributed by atoms with Crippen molar-refractivity contribution < 1.29 is 0 Å². The molecular weight excluding hydrogens is 687 g/mol. The Morgan fingerprint density at radius 2 is 0.946 bits per heavy atom. The fourth-order valence-corrected chi connectivity index (χ4v) is 8.08. The topological polar surface area (TPSA) is 90.2 Å². The van der Waals surface area contributed by atoms with Crippen LogP contribution in [0.4, 0.5) is 0 Å². The van der Waals surface area contributed by atoms with E-state index in [0.29, 0.717) is 11.6 Å². The lowest BCUT2D eigenvalue weighted by Gasteiger charge is -2.19. The van der Waals surface area contributed by atoms with E-state index in [1.807, 2.05) is 49.1 Å². The summed E-state index contributed by atoms with van der Waals surface area (Å²) < 4.78 is 0.